The number of nitrogens with two attached hydrogens (primary N) is 1. The van der Waals surface area contributed by atoms with Gasteiger partial charge in [0.15, 0.2) is 0 Å². The van der Waals surface area contributed by atoms with Crippen LogP contribution in [0.3, 0.4) is 0 Å². The van der Waals surface area contributed by atoms with Gasteiger partial charge in [0.25, 0.3) is 0 Å². The topological polar surface area (TPSA) is 48.1 Å². The highest BCUT2D eigenvalue weighted by Gasteiger charge is 2.18. The van der Waals surface area contributed by atoms with Gasteiger partial charge in [-0.05, 0) is 48.0 Å². The van der Waals surface area contributed by atoms with Gasteiger partial charge in [-0.2, -0.15) is 0 Å². The third-order valence-corrected chi connectivity index (χ3v) is 4.07. The fourth-order valence-corrected chi connectivity index (χ4v) is 3.04. The number of ether oxygens (including phenoxy) is 1. The molecule has 1 aromatic carbocycles. The van der Waals surface area contributed by atoms with Gasteiger partial charge in [0.05, 0.1) is 22.8 Å². The van der Waals surface area contributed by atoms with Crippen LogP contribution in [-0.4, -0.2) is 12.1 Å². The number of nitrogens with zero attached hydrogens (tertiary/aromatic N) is 1. The molecule has 0 aliphatic heterocycles. The van der Waals surface area contributed by atoms with Crippen molar-refractivity contribution in [2.45, 2.75) is 19.4 Å². The number of methoxy groups -OCH3 is 1. The van der Waals surface area contributed by atoms with Crippen molar-refractivity contribution in [3.63, 3.8) is 0 Å². The molecule has 2 N–H and O–H groups in total. The fourth-order valence-electron chi connectivity index (χ4n) is 1.50. The molecule has 0 saturated carbocycles. The molecule has 0 bridgehead atoms. The van der Waals surface area contributed by atoms with Gasteiger partial charge in [-0.3, -0.25) is 0 Å². The molecular formula is C13H15BrN2OS. The first kappa shape index (κ1) is 13.5. The lowest BCUT2D eigenvalue weighted by atomic mass is 10.0. The maximum Gasteiger partial charge on any atom is 0.133 e. The highest BCUT2D eigenvalue weighted by atomic mass is 79.9. The summed E-state index contributed by atoms with van der Waals surface area (Å²) in [5, 5.41) is 2.97. The van der Waals surface area contributed by atoms with Crippen LogP contribution in [0.15, 0.2) is 28.1 Å². The molecule has 5 heteroatoms. The van der Waals surface area contributed by atoms with Crippen LogP contribution in [0, 0.1) is 0 Å². The second-order valence-corrected chi connectivity index (χ2v) is 6.32. The van der Waals surface area contributed by atoms with E-state index in [9.17, 15) is 0 Å². The van der Waals surface area contributed by atoms with E-state index in [1.54, 1.807) is 18.4 Å². The highest BCUT2D eigenvalue weighted by molar-refractivity contribution is 9.10. The first-order valence-corrected chi connectivity index (χ1v) is 7.18. The molecule has 96 valence electrons. The quantitative estimate of drug-likeness (QED) is 0.933. The average Bonchev–Trinajstić information content (AvgIpc) is 2.77. The van der Waals surface area contributed by atoms with Crippen molar-refractivity contribution in [2.75, 3.05) is 7.11 Å². The predicted molar refractivity (Wildman–Crippen MR) is 79.0 cm³/mol. The molecule has 3 nitrogen and oxygen atoms in total. The molecule has 2 aromatic rings. The van der Waals surface area contributed by atoms with E-state index in [2.05, 4.69) is 20.9 Å². The normalized spacial score (nSPS) is 11.6. The summed E-state index contributed by atoms with van der Waals surface area (Å²) in [5.74, 6) is 0.815. The maximum absolute atomic E-state index is 6.04. The minimum atomic E-state index is -0.404. The summed E-state index contributed by atoms with van der Waals surface area (Å²) in [6.45, 7) is 3.91. The van der Waals surface area contributed by atoms with Crippen molar-refractivity contribution < 1.29 is 4.74 Å². The van der Waals surface area contributed by atoms with Crippen LogP contribution in [0.1, 0.15) is 19.5 Å². The number of aromatic nitrogens is 1. The summed E-state index contributed by atoms with van der Waals surface area (Å²) < 4.78 is 6.13. The summed E-state index contributed by atoms with van der Waals surface area (Å²) in [6, 6.07) is 5.93. The molecule has 1 aromatic heterocycles. The molecule has 1 heterocycles. The minimum Gasteiger partial charge on any atom is -0.496 e. The highest BCUT2D eigenvalue weighted by Crippen LogP contribution is 2.33. The van der Waals surface area contributed by atoms with Crippen molar-refractivity contribution in [2.24, 2.45) is 5.73 Å². The summed E-state index contributed by atoms with van der Waals surface area (Å²) in [5.41, 5.74) is 7.60. The molecule has 0 aliphatic carbocycles. The largest absolute Gasteiger partial charge is 0.496 e. The molecule has 0 unspecified atom stereocenters. The number of thiazole rings is 1. The van der Waals surface area contributed by atoms with Crippen molar-refractivity contribution in [1.82, 2.24) is 4.98 Å². The van der Waals surface area contributed by atoms with Crippen molar-refractivity contribution in [3.8, 4) is 16.3 Å². The van der Waals surface area contributed by atoms with Gasteiger partial charge in [-0.15, -0.1) is 11.3 Å². The minimum absolute atomic E-state index is 0.404. The second-order valence-electron chi connectivity index (χ2n) is 4.61. The van der Waals surface area contributed by atoms with E-state index in [1.165, 1.54) is 0 Å². The maximum atomic E-state index is 6.04. The van der Waals surface area contributed by atoms with Crippen molar-refractivity contribution >= 4 is 27.3 Å². The van der Waals surface area contributed by atoms with Crippen LogP contribution >= 0.6 is 27.3 Å². The summed E-state index contributed by atoms with van der Waals surface area (Å²) >= 11 is 5.08. The molecule has 0 aliphatic rings. The van der Waals surface area contributed by atoms with Crippen molar-refractivity contribution in [3.05, 3.63) is 33.7 Å². The lowest BCUT2D eigenvalue weighted by Gasteiger charge is -2.14. The molecule has 0 radical (unpaired) electrons. The lowest BCUT2D eigenvalue weighted by molar-refractivity contribution is 0.412. The zero-order chi connectivity index (χ0) is 13.3. The van der Waals surface area contributed by atoms with Crippen LogP contribution in [0.25, 0.3) is 10.6 Å². The van der Waals surface area contributed by atoms with E-state index in [4.69, 9.17) is 10.5 Å². The van der Waals surface area contributed by atoms with Crippen LogP contribution in [0.5, 0.6) is 5.75 Å². The molecule has 0 saturated heterocycles. The molecular weight excluding hydrogens is 312 g/mol. The number of benzene rings is 1. The van der Waals surface area contributed by atoms with Crippen molar-refractivity contribution in [1.29, 1.82) is 0 Å². The van der Waals surface area contributed by atoms with Gasteiger partial charge < -0.3 is 10.5 Å². The van der Waals surface area contributed by atoms with E-state index in [-0.39, 0.29) is 0 Å². The Hall–Kier alpha value is -0.910. The Morgan fingerprint density at radius 2 is 2.11 bits per heavy atom. The third kappa shape index (κ3) is 2.74. The summed E-state index contributed by atoms with van der Waals surface area (Å²) in [4.78, 5) is 4.58. The Balaban J connectivity index is 2.38. The van der Waals surface area contributed by atoms with Crippen LogP contribution in [0.4, 0.5) is 0 Å². The van der Waals surface area contributed by atoms with E-state index < -0.39 is 5.54 Å². The van der Waals surface area contributed by atoms with Gasteiger partial charge >= 0.3 is 0 Å². The Bertz CT molecular complexity index is 560. The van der Waals surface area contributed by atoms with Gasteiger partial charge in [-0.25, -0.2) is 4.98 Å². The molecule has 0 amide bonds. The zero-order valence-corrected chi connectivity index (χ0v) is 12.9. The van der Waals surface area contributed by atoms with E-state index in [1.807, 2.05) is 37.4 Å². The number of hydrogen-bond acceptors (Lipinski definition) is 4. The fraction of sp³-hybridized carbons (Fsp3) is 0.308. The first-order chi connectivity index (χ1) is 8.41. The van der Waals surface area contributed by atoms with Crippen LogP contribution < -0.4 is 10.5 Å². The summed E-state index contributed by atoms with van der Waals surface area (Å²) in [7, 11) is 1.65. The Kier molecular flexibility index (Phi) is 3.75. The van der Waals surface area contributed by atoms with Gasteiger partial charge in [-0.1, -0.05) is 0 Å². The third-order valence-electron chi connectivity index (χ3n) is 2.56. The van der Waals surface area contributed by atoms with E-state index >= 15 is 0 Å². The molecule has 0 atom stereocenters. The monoisotopic (exact) mass is 326 g/mol. The molecule has 18 heavy (non-hydrogen) atoms. The second kappa shape index (κ2) is 4.99. The zero-order valence-electron chi connectivity index (χ0n) is 10.5. The average molecular weight is 327 g/mol. The SMILES string of the molecule is COc1ccc(-c2nc(C(C)(C)N)cs2)cc1Br. The number of hydrogen-bond donors (Lipinski definition) is 1. The number of halogens is 1. The Labute approximate surface area is 119 Å². The lowest BCUT2D eigenvalue weighted by Crippen LogP contribution is -2.28. The Morgan fingerprint density at radius 1 is 1.39 bits per heavy atom. The van der Waals surface area contributed by atoms with Gasteiger partial charge in [0.1, 0.15) is 10.8 Å². The molecule has 2 rings (SSSR count). The molecule has 0 spiro atoms. The first-order valence-electron chi connectivity index (χ1n) is 5.50. The number of rotatable bonds is 3. The standard InChI is InChI=1S/C13H15BrN2OS/c1-13(2,15)11-7-18-12(16-11)8-4-5-10(17-3)9(14)6-8/h4-7H,15H2,1-3H3. The Morgan fingerprint density at radius 3 is 2.61 bits per heavy atom. The summed E-state index contributed by atoms with van der Waals surface area (Å²) in [6.07, 6.45) is 0. The van der Waals surface area contributed by atoms with Crippen LogP contribution in [0.2, 0.25) is 0 Å². The smallest absolute Gasteiger partial charge is 0.133 e. The molecule has 0 fully saturated rings. The van der Waals surface area contributed by atoms with Gasteiger partial charge in [0, 0.05) is 10.9 Å². The predicted octanol–water partition coefficient (Wildman–Crippen LogP) is 3.78. The van der Waals surface area contributed by atoms with E-state index in [0.717, 1.165) is 26.5 Å². The van der Waals surface area contributed by atoms with Gasteiger partial charge in [0.2, 0.25) is 0 Å². The van der Waals surface area contributed by atoms with Crippen LogP contribution in [-0.2, 0) is 5.54 Å². The van der Waals surface area contributed by atoms with E-state index in [0.29, 0.717) is 0 Å².